The van der Waals surface area contributed by atoms with Crippen LogP contribution < -0.4 is 5.73 Å². The van der Waals surface area contributed by atoms with Crippen molar-refractivity contribution in [1.29, 1.82) is 0 Å². The first-order valence-corrected chi connectivity index (χ1v) is 4.13. The van der Waals surface area contributed by atoms with Crippen molar-refractivity contribution in [2.24, 2.45) is 0 Å². The minimum absolute atomic E-state index is 0.519. The lowest BCUT2D eigenvalue weighted by Gasteiger charge is -2.04. The van der Waals surface area contributed by atoms with Gasteiger partial charge in [-0.15, -0.1) is 0 Å². The Kier molecular flexibility index (Phi) is 1.77. The molecule has 2 rings (SSSR count). The number of rotatable bonds is 1. The Morgan fingerprint density at radius 3 is 2.85 bits per heavy atom. The summed E-state index contributed by atoms with van der Waals surface area (Å²) in [5.41, 5.74) is 7.94. The molecular formula is C10H11N3. The monoisotopic (exact) mass is 173 g/mol. The Morgan fingerprint density at radius 1 is 1.38 bits per heavy atom. The molecule has 0 unspecified atom stereocenters. The lowest BCUT2D eigenvalue weighted by molar-refractivity contribution is 1.07. The summed E-state index contributed by atoms with van der Waals surface area (Å²) in [6.45, 7) is 2.05. The highest BCUT2D eigenvalue weighted by molar-refractivity contribution is 5.41. The van der Waals surface area contributed by atoms with Gasteiger partial charge in [0, 0.05) is 18.1 Å². The highest BCUT2D eigenvalue weighted by Crippen LogP contribution is 2.12. The van der Waals surface area contributed by atoms with E-state index in [1.807, 2.05) is 22.9 Å². The molecule has 1 aromatic carbocycles. The van der Waals surface area contributed by atoms with Gasteiger partial charge in [0.1, 0.15) is 0 Å². The molecule has 66 valence electrons. The van der Waals surface area contributed by atoms with Crippen molar-refractivity contribution in [3.05, 3.63) is 42.2 Å². The number of imidazole rings is 1. The average molecular weight is 173 g/mol. The molecule has 2 aromatic rings. The zero-order chi connectivity index (χ0) is 9.26. The number of anilines is 1. The number of hydrogen-bond donors (Lipinski definition) is 1. The molecule has 0 aliphatic heterocycles. The lowest BCUT2D eigenvalue weighted by Crippen LogP contribution is -1.99. The summed E-state index contributed by atoms with van der Waals surface area (Å²) in [5.74, 6) is 0.519. The van der Waals surface area contributed by atoms with Crippen LogP contribution in [-0.4, -0.2) is 9.55 Å². The molecule has 1 heterocycles. The van der Waals surface area contributed by atoms with Gasteiger partial charge in [0.25, 0.3) is 0 Å². The van der Waals surface area contributed by atoms with Crippen molar-refractivity contribution in [3.63, 3.8) is 0 Å². The second-order valence-corrected chi connectivity index (χ2v) is 2.99. The van der Waals surface area contributed by atoms with E-state index in [0.29, 0.717) is 5.95 Å². The SMILES string of the molecule is Cc1cccc(-n2ccnc2N)c1. The molecule has 0 fully saturated rings. The van der Waals surface area contributed by atoms with Gasteiger partial charge in [-0.25, -0.2) is 4.98 Å². The summed E-state index contributed by atoms with van der Waals surface area (Å²) < 4.78 is 1.85. The van der Waals surface area contributed by atoms with Gasteiger partial charge in [-0.3, -0.25) is 4.57 Å². The summed E-state index contributed by atoms with van der Waals surface area (Å²) in [7, 11) is 0. The normalized spacial score (nSPS) is 10.2. The van der Waals surface area contributed by atoms with Crippen molar-refractivity contribution in [2.45, 2.75) is 6.92 Å². The molecule has 0 saturated heterocycles. The van der Waals surface area contributed by atoms with Crippen LogP contribution >= 0.6 is 0 Å². The first kappa shape index (κ1) is 7.86. The van der Waals surface area contributed by atoms with Gasteiger partial charge in [-0.1, -0.05) is 12.1 Å². The predicted octanol–water partition coefficient (Wildman–Crippen LogP) is 1.76. The van der Waals surface area contributed by atoms with Crippen molar-refractivity contribution < 1.29 is 0 Å². The van der Waals surface area contributed by atoms with Crippen LogP contribution in [0.4, 0.5) is 5.95 Å². The molecule has 13 heavy (non-hydrogen) atoms. The average Bonchev–Trinajstić information content (AvgIpc) is 2.51. The zero-order valence-electron chi connectivity index (χ0n) is 7.44. The maximum absolute atomic E-state index is 5.67. The number of nitrogen functional groups attached to an aromatic ring is 1. The molecule has 0 saturated carbocycles. The Hall–Kier alpha value is -1.77. The first-order valence-electron chi connectivity index (χ1n) is 4.13. The Balaban J connectivity index is 2.53. The van der Waals surface area contributed by atoms with Crippen LogP contribution in [0.1, 0.15) is 5.56 Å². The van der Waals surface area contributed by atoms with E-state index in [2.05, 4.69) is 24.0 Å². The molecule has 3 nitrogen and oxygen atoms in total. The summed E-state index contributed by atoms with van der Waals surface area (Å²) in [6.07, 6.45) is 3.54. The van der Waals surface area contributed by atoms with E-state index in [0.717, 1.165) is 5.69 Å². The summed E-state index contributed by atoms with van der Waals surface area (Å²) in [4.78, 5) is 3.96. The number of benzene rings is 1. The van der Waals surface area contributed by atoms with E-state index in [1.165, 1.54) is 5.56 Å². The number of aromatic nitrogens is 2. The third kappa shape index (κ3) is 1.40. The summed E-state index contributed by atoms with van der Waals surface area (Å²) >= 11 is 0. The zero-order valence-corrected chi connectivity index (χ0v) is 7.44. The molecule has 0 radical (unpaired) electrons. The van der Waals surface area contributed by atoms with E-state index in [9.17, 15) is 0 Å². The fraction of sp³-hybridized carbons (Fsp3) is 0.100. The molecule has 0 amide bonds. The highest BCUT2D eigenvalue weighted by atomic mass is 15.1. The minimum Gasteiger partial charge on any atom is -0.369 e. The Morgan fingerprint density at radius 2 is 2.23 bits per heavy atom. The fourth-order valence-corrected chi connectivity index (χ4v) is 1.31. The Labute approximate surface area is 76.8 Å². The van der Waals surface area contributed by atoms with Crippen LogP contribution in [0.3, 0.4) is 0 Å². The van der Waals surface area contributed by atoms with Gasteiger partial charge in [0.2, 0.25) is 5.95 Å². The number of aryl methyl sites for hydroxylation is 1. The van der Waals surface area contributed by atoms with Crippen molar-refractivity contribution >= 4 is 5.95 Å². The quantitative estimate of drug-likeness (QED) is 0.714. The number of nitrogens with two attached hydrogens (primary N) is 1. The van der Waals surface area contributed by atoms with Gasteiger partial charge >= 0.3 is 0 Å². The van der Waals surface area contributed by atoms with E-state index >= 15 is 0 Å². The topological polar surface area (TPSA) is 43.8 Å². The molecule has 2 N–H and O–H groups in total. The van der Waals surface area contributed by atoms with Crippen molar-refractivity contribution in [3.8, 4) is 5.69 Å². The van der Waals surface area contributed by atoms with E-state index in [-0.39, 0.29) is 0 Å². The molecule has 0 bridgehead atoms. The molecule has 0 aliphatic rings. The van der Waals surface area contributed by atoms with Crippen LogP contribution in [0.15, 0.2) is 36.7 Å². The van der Waals surface area contributed by atoms with E-state index < -0.39 is 0 Å². The van der Waals surface area contributed by atoms with E-state index in [1.54, 1.807) is 6.20 Å². The summed E-state index contributed by atoms with van der Waals surface area (Å²) in [5, 5.41) is 0. The maximum atomic E-state index is 5.67. The van der Waals surface area contributed by atoms with Crippen LogP contribution in [0.2, 0.25) is 0 Å². The van der Waals surface area contributed by atoms with Crippen LogP contribution in [0.25, 0.3) is 5.69 Å². The predicted molar refractivity (Wildman–Crippen MR) is 52.7 cm³/mol. The van der Waals surface area contributed by atoms with Gasteiger partial charge in [0.15, 0.2) is 0 Å². The lowest BCUT2D eigenvalue weighted by atomic mass is 10.2. The van der Waals surface area contributed by atoms with Gasteiger partial charge in [0.05, 0.1) is 0 Å². The second kappa shape index (κ2) is 2.94. The standard InChI is InChI=1S/C10H11N3/c1-8-3-2-4-9(7-8)13-6-5-12-10(13)11/h2-7H,1H3,(H2,11,12). The van der Waals surface area contributed by atoms with Crippen molar-refractivity contribution in [1.82, 2.24) is 9.55 Å². The van der Waals surface area contributed by atoms with Crippen LogP contribution in [0, 0.1) is 6.92 Å². The van der Waals surface area contributed by atoms with Crippen LogP contribution in [-0.2, 0) is 0 Å². The second-order valence-electron chi connectivity index (χ2n) is 2.99. The van der Waals surface area contributed by atoms with Crippen molar-refractivity contribution in [2.75, 3.05) is 5.73 Å². The fourth-order valence-electron chi connectivity index (χ4n) is 1.31. The third-order valence-electron chi connectivity index (χ3n) is 1.95. The van der Waals surface area contributed by atoms with E-state index in [4.69, 9.17) is 5.73 Å². The molecule has 0 atom stereocenters. The molecular weight excluding hydrogens is 162 g/mol. The van der Waals surface area contributed by atoms with Gasteiger partial charge in [-0.05, 0) is 24.6 Å². The third-order valence-corrected chi connectivity index (χ3v) is 1.95. The maximum Gasteiger partial charge on any atom is 0.204 e. The first-order chi connectivity index (χ1) is 6.27. The molecule has 3 heteroatoms. The molecule has 0 aliphatic carbocycles. The van der Waals surface area contributed by atoms with Gasteiger partial charge in [-0.2, -0.15) is 0 Å². The van der Waals surface area contributed by atoms with Gasteiger partial charge < -0.3 is 5.73 Å². The Bertz CT molecular complexity index is 418. The molecule has 1 aromatic heterocycles. The smallest absolute Gasteiger partial charge is 0.204 e. The largest absolute Gasteiger partial charge is 0.369 e. The van der Waals surface area contributed by atoms with Crippen LogP contribution in [0.5, 0.6) is 0 Å². The summed E-state index contributed by atoms with van der Waals surface area (Å²) in [6, 6.07) is 8.13. The number of hydrogen-bond acceptors (Lipinski definition) is 2. The minimum atomic E-state index is 0.519. The molecule has 0 spiro atoms. The number of nitrogens with zero attached hydrogens (tertiary/aromatic N) is 2. The highest BCUT2D eigenvalue weighted by Gasteiger charge is 1.99.